The molecule has 1 aliphatic heterocycles. The Balaban J connectivity index is 1.39. The highest BCUT2D eigenvalue weighted by atomic mass is 16.5. The zero-order valence-corrected chi connectivity index (χ0v) is 14.5. The van der Waals surface area contributed by atoms with Gasteiger partial charge in [0.15, 0.2) is 11.6 Å². The summed E-state index contributed by atoms with van der Waals surface area (Å²) in [4.78, 5) is 20.4. The van der Waals surface area contributed by atoms with E-state index in [2.05, 4.69) is 30.6 Å². The second kappa shape index (κ2) is 6.51. The number of carbonyl (C=O) groups excluding carboxylic acids is 1. The van der Waals surface area contributed by atoms with Crippen molar-refractivity contribution in [2.75, 3.05) is 13.1 Å². The van der Waals surface area contributed by atoms with E-state index in [0.29, 0.717) is 30.8 Å². The molecule has 0 radical (unpaired) electrons. The normalized spacial score (nSPS) is 21.0. The number of rotatable bonds is 6. The van der Waals surface area contributed by atoms with Crippen molar-refractivity contribution >= 4 is 5.91 Å². The van der Waals surface area contributed by atoms with Gasteiger partial charge in [0, 0.05) is 33.0 Å². The van der Waals surface area contributed by atoms with Gasteiger partial charge in [-0.2, -0.15) is 4.98 Å². The van der Waals surface area contributed by atoms with Crippen molar-refractivity contribution in [1.82, 2.24) is 40.1 Å². The molecule has 1 aliphatic carbocycles. The monoisotopic (exact) mass is 346 g/mol. The Kier molecular flexibility index (Phi) is 4.20. The first-order valence-electron chi connectivity index (χ1n) is 8.65. The zero-order valence-electron chi connectivity index (χ0n) is 14.5. The van der Waals surface area contributed by atoms with Gasteiger partial charge in [-0.05, 0) is 29.7 Å². The molecule has 3 heterocycles. The van der Waals surface area contributed by atoms with Crippen LogP contribution in [0.15, 0.2) is 4.52 Å². The summed E-state index contributed by atoms with van der Waals surface area (Å²) in [6.07, 6.45) is 3.23. The number of likely N-dealkylation sites (tertiary alicyclic amines) is 1. The van der Waals surface area contributed by atoms with Crippen LogP contribution in [-0.4, -0.2) is 65.2 Å². The third kappa shape index (κ3) is 3.53. The highest BCUT2D eigenvalue weighted by molar-refractivity contribution is 5.73. The van der Waals surface area contributed by atoms with Crippen LogP contribution >= 0.6 is 0 Å². The minimum Gasteiger partial charge on any atom is -0.340 e. The first-order valence-corrected chi connectivity index (χ1v) is 8.65. The summed E-state index contributed by atoms with van der Waals surface area (Å²) in [7, 11) is 0. The average molecular weight is 346 g/mol. The molecule has 2 aromatic rings. The van der Waals surface area contributed by atoms with Crippen LogP contribution in [0, 0.1) is 6.92 Å². The number of amides is 1. The Hall–Kier alpha value is -2.36. The summed E-state index contributed by atoms with van der Waals surface area (Å²) in [5.41, 5.74) is 0. The molecule has 1 amide bonds. The molecule has 10 heteroatoms. The largest absolute Gasteiger partial charge is 0.340 e. The Morgan fingerprint density at radius 3 is 2.88 bits per heavy atom. The number of tetrazole rings is 1. The number of hydrogen-bond donors (Lipinski definition) is 0. The Bertz CT molecular complexity index is 752. The summed E-state index contributed by atoms with van der Waals surface area (Å²) in [5.74, 6) is 1.99. The van der Waals surface area contributed by atoms with Crippen LogP contribution in [0.4, 0.5) is 0 Å². The van der Waals surface area contributed by atoms with Crippen molar-refractivity contribution in [3.8, 4) is 0 Å². The van der Waals surface area contributed by atoms with Gasteiger partial charge in [-0.1, -0.05) is 5.16 Å². The van der Waals surface area contributed by atoms with E-state index in [9.17, 15) is 4.79 Å². The first-order chi connectivity index (χ1) is 12.1. The van der Waals surface area contributed by atoms with Crippen molar-refractivity contribution in [2.24, 2.45) is 0 Å². The van der Waals surface area contributed by atoms with Crippen molar-refractivity contribution in [1.29, 1.82) is 0 Å². The van der Waals surface area contributed by atoms with E-state index >= 15 is 0 Å². The molecule has 2 fully saturated rings. The molecule has 0 bridgehead atoms. The maximum atomic E-state index is 12.1. The maximum absolute atomic E-state index is 12.1. The SMILES string of the molecule is CC(=O)N(Cc1noc(C)n1)C1CCN(Cc2nnnn2C2CC2)C1. The zero-order chi connectivity index (χ0) is 17.4. The van der Waals surface area contributed by atoms with Gasteiger partial charge < -0.3 is 9.42 Å². The second-order valence-corrected chi connectivity index (χ2v) is 6.83. The minimum atomic E-state index is 0.0251. The fourth-order valence-corrected chi connectivity index (χ4v) is 3.38. The number of carbonyl (C=O) groups is 1. The van der Waals surface area contributed by atoms with Gasteiger partial charge in [-0.25, -0.2) is 4.68 Å². The average Bonchev–Trinajstić information content (AvgIpc) is 2.96. The lowest BCUT2D eigenvalue weighted by atomic mass is 10.2. The third-order valence-corrected chi connectivity index (χ3v) is 4.79. The molecule has 0 N–H and O–H groups in total. The van der Waals surface area contributed by atoms with E-state index in [1.165, 1.54) is 0 Å². The molecule has 1 unspecified atom stereocenters. The molecule has 0 aromatic carbocycles. The number of hydrogen-bond acceptors (Lipinski definition) is 8. The molecule has 1 saturated heterocycles. The molecular weight excluding hydrogens is 324 g/mol. The molecule has 1 atom stereocenters. The van der Waals surface area contributed by atoms with E-state index in [0.717, 1.165) is 38.2 Å². The van der Waals surface area contributed by atoms with Crippen molar-refractivity contribution in [3.05, 3.63) is 17.5 Å². The van der Waals surface area contributed by atoms with E-state index < -0.39 is 0 Å². The van der Waals surface area contributed by atoms with Crippen LogP contribution in [0.3, 0.4) is 0 Å². The molecule has 2 aromatic heterocycles. The van der Waals surface area contributed by atoms with Gasteiger partial charge in [0.2, 0.25) is 11.8 Å². The molecule has 25 heavy (non-hydrogen) atoms. The van der Waals surface area contributed by atoms with E-state index in [-0.39, 0.29) is 11.9 Å². The van der Waals surface area contributed by atoms with Crippen molar-refractivity contribution in [3.63, 3.8) is 0 Å². The highest BCUT2D eigenvalue weighted by Gasteiger charge is 2.33. The number of aromatic nitrogens is 6. The Morgan fingerprint density at radius 2 is 2.20 bits per heavy atom. The summed E-state index contributed by atoms with van der Waals surface area (Å²) in [6.45, 7) is 6.14. The van der Waals surface area contributed by atoms with Gasteiger partial charge in [0.25, 0.3) is 0 Å². The smallest absolute Gasteiger partial charge is 0.223 e. The van der Waals surface area contributed by atoms with Crippen molar-refractivity contribution < 1.29 is 9.32 Å². The summed E-state index contributed by atoms with van der Waals surface area (Å²) in [6, 6.07) is 0.611. The van der Waals surface area contributed by atoms with Crippen LogP contribution in [0.2, 0.25) is 0 Å². The summed E-state index contributed by atoms with van der Waals surface area (Å²) < 4.78 is 6.95. The molecule has 4 rings (SSSR count). The molecule has 2 aliphatic rings. The molecule has 1 saturated carbocycles. The minimum absolute atomic E-state index is 0.0251. The quantitative estimate of drug-likeness (QED) is 0.736. The van der Waals surface area contributed by atoms with E-state index in [4.69, 9.17) is 4.52 Å². The maximum Gasteiger partial charge on any atom is 0.223 e. The standard InChI is InChI=1S/C15H22N8O2/c1-10-16-14(18-25-10)8-22(11(2)24)13-5-6-21(7-13)9-15-17-19-20-23(15)12-3-4-12/h12-13H,3-9H2,1-2H3. The van der Waals surface area contributed by atoms with Crippen molar-refractivity contribution in [2.45, 2.75) is 58.3 Å². The van der Waals surface area contributed by atoms with Gasteiger partial charge in [0.05, 0.1) is 19.1 Å². The fraction of sp³-hybridized carbons (Fsp3) is 0.733. The third-order valence-electron chi connectivity index (χ3n) is 4.79. The van der Waals surface area contributed by atoms with Gasteiger partial charge in [-0.15, -0.1) is 5.10 Å². The fourth-order valence-electron chi connectivity index (χ4n) is 3.38. The molecule has 134 valence electrons. The predicted octanol–water partition coefficient (Wildman–Crippen LogP) is 0.322. The lowest BCUT2D eigenvalue weighted by molar-refractivity contribution is -0.131. The van der Waals surface area contributed by atoms with Crippen LogP contribution in [-0.2, 0) is 17.9 Å². The van der Waals surface area contributed by atoms with Crippen LogP contribution < -0.4 is 0 Å². The number of nitrogens with zero attached hydrogens (tertiary/aromatic N) is 8. The van der Waals surface area contributed by atoms with E-state index in [1.54, 1.807) is 13.8 Å². The van der Waals surface area contributed by atoms with Crippen LogP contribution in [0.5, 0.6) is 0 Å². The Labute approximate surface area is 145 Å². The predicted molar refractivity (Wildman–Crippen MR) is 85.0 cm³/mol. The summed E-state index contributed by atoms with van der Waals surface area (Å²) in [5, 5.41) is 16.0. The molecule has 10 nitrogen and oxygen atoms in total. The lowest BCUT2D eigenvalue weighted by Crippen LogP contribution is -2.40. The molecule has 0 spiro atoms. The van der Waals surface area contributed by atoms with E-state index in [1.807, 2.05) is 9.58 Å². The highest BCUT2D eigenvalue weighted by Crippen LogP contribution is 2.34. The van der Waals surface area contributed by atoms with Crippen LogP contribution in [0.25, 0.3) is 0 Å². The topological polar surface area (TPSA) is 106 Å². The lowest BCUT2D eigenvalue weighted by Gasteiger charge is -2.26. The second-order valence-electron chi connectivity index (χ2n) is 6.83. The van der Waals surface area contributed by atoms with Gasteiger partial charge in [0.1, 0.15) is 0 Å². The van der Waals surface area contributed by atoms with Gasteiger partial charge in [-0.3, -0.25) is 9.69 Å². The first kappa shape index (κ1) is 16.1. The Morgan fingerprint density at radius 1 is 1.36 bits per heavy atom. The van der Waals surface area contributed by atoms with Gasteiger partial charge >= 0.3 is 0 Å². The number of aryl methyl sites for hydroxylation is 1. The summed E-state index contributed by atoms with van der Waals surface area (Å²) >= 11 is 0. The molecular formula is C15H22N8O2. The van der Waals surface area contributed by atoms with Crippen LogP contribution in [0.1, 0.15) is 49.8 Å².